The van der Waals surface area contributed by atoms with Crippen LogP contribution in [0.5, 0.6) is 0 Å². The molecular weight excluding hydrogens is 410 g/mol. The number of carbonyl (C=O) groups is 1. The molecule has 1 aliphatic rings. The van der Waals surface area contributed by atoms with Crippen molar-refractivity contribution in [3.05, 3.63) is 92.4 Å². The van der Waals surface area contributed by atoms with Crippen molar-refractivity contribution in [2.45, 2.75) is 5.60 Å². The molecule has 0 amide bonds. The van der Waals surface area contributed by atoms with Gasteiger partial charge in [-0.1, -0.05) is 54.1 Å². The van der Waals surface area contributed by atoms with Crippen molar-refractivity contribution >= 4 is 40.9 Å². The Bertz CT molecular complexity index is 1070. The van der Waals surface area contributed by atoms with Crippen LogP contribution in [0.25, 0.3) is 11.1 Å². The molecule has 1 heterocycles. The highest BCUT2D eigenvalue weighted by Crippen LogP contribution is 2.51. The Kier molecular flexibility index (Phi) is 5.19. The van der Waals surface area contributed by atoms with Gasteiger partial charge < -0.3 is 10.1 Å². The second kappa shape index (κ2) is 7.48. The molecule has 3 aromatic rings. The Morgan fingerprint density at radius 1 is 1.04 bits per heavy atom. The minimum Gasteiger partial charge on any atom is -0.374 e. The summed E-state index contributed by atoms with van der Waals surface area (Å²) in [5, 5.41) is 12.6. The number of aliphatic hydroxyl groups is 1. The lowest BCUT2D eigenvalue weighted by Crippen LogP contribution is -2.29. The topological polar surface area (TPSA) is 53.1 Å². The van der Waals surface area contributed by atoms with E-state index in [0.717, 1.165) is 15.4 Å². The van der Waals surface area contributed by atoms with Gasteiger partial charge in [0.1, 0.15) is 0 Å². The maximum Gasteiger partial charge on any atom is 0.196 e. The highest BCUT2D eigenvalue weighted by atomic mass is 35.5. The number of Topliss-reactive ketones (excluding diaryl/α,β-unsaturated/α-hetero) is 1. The lowest BCUT2D eigenvalue weighted by Gasteiger charge is -2.26. The molecule has 1 aromatic heterocycles. The third kappa shape index (κ3) is 2.85. The van der Waals surface area contributed by atoms with Gasteiger partial charge in [-0.25, -0.2) is 0 Å². The molecule has 0 aliphatic heterocycles. The molecule has 0 radical (unpaired) electrons. The number of fused-ring (bicyclic) bond motifs is 1. The van der Waals surface area contributed by atoms with Crippen molar-refractivity contribution in [3.8, 4) is 11.1 Å². The lowest BCUT2D eigenvalue weighted by atomic mass is 9.88. The average molecular weight is 428 g/mol. The summed E-state index contributed by atoms with van der Waals surface area (Å²) < 4.78 is 0.808. The van der Waals surface area contributed by atoms with Gasteiger partial charge in [0.15, 0.2) is 11.4 Å². The van der Waals surface area contributed by atoms with Crippen molar-refractivity contribution in [2.24, 2.45) is 0 Å². The summed E-state index contributed by atoms with van der Waals surface area (Å²) >= 11 is 8.97. The molecule has 1 aliphatic carbocycles. The van der Waals surface area contributed by atoms with Crippen LogP contribution in [0.2, 0.25) is 5.02 Å². The second-order valence-corrected chi connectivity index (χ2v) is 8.76. The summed E-state index contributed by atoms with van der Waals surface area (Å²) in [5.74, 6) is -0.147. The molecule has 0 saturated heterocycles. The van der Waals surface area contributed by atoms with Crippen molar-refractivity contribution in [2.75, 3.05) is 12.5 Å². The van der Waals surface area contributed by atoms with E-state index in [9.17, 15) is 9.90 Å². The summed E-state index contributed by atoms with van der Waals surface area (Å²) in [4.78, 5) is 16.8. The lowest BCUT2D eigenvalue weighted by molar-refractivity contribution is 0.0935. The van der Waals surface area contributed by atoms with Gasteiger partial charge in [-0.05, 0) is 35.8 Å². The molecule has 6 heteroatoms. The number of ketones is 1. The van der Waals surface area contributed by atoms with Crippen LogP contribution in [0.4, 0.5) is 0 Å². The molecule has 0 spiro atoms. The molecule has 2 aromatic carbocycles. The van der Waals surface area contributed by atoms with Gasteiger partial charge in [-0.3, -0.25) is 4.79 Å². The minimum absolute atomic E-state index is 0.147. The number of thioether (sulfide) groups is 2. The van der Waals surface area contributed by atoms with E-state index in [0.29, 0.717) is 27.4 Å². The first kappa shape index (κ1) is 19.4. The molecule has 28 heavy (non-hydrogen) atoms. The highest BCUT2D eigenvalue weighted by molar-refractivity contribution is 8.21. The maximum absolute atomic E-state index is 13.6. The fraction of sp³-hybridized carbons (Fsp3) is 0.136. The van der Waals surface area contributed by atoms with Crippen molar-refractivity contribution in [1.29, 1.82) is 0 Å². The van der Waals surface area contributed by atoms with Gasteiger partial charge in [-0.2, -0.15) is 0 Å². The third-order valence-corrected chi connectivity index (χ3v) is 7.38. The van der Waals surface area contributed by atoms with Gasteiger partial charge in [0, 0.05) is 16.8 Å². The summed E-state index contributed by atoms with van der Waals surface area (Å²) in [6, 6.07) is 16.7. The van der Waals surface area contributed by atoms with Crippen molar-refractivity contribution in [3.63, 3.8) is 0 Å². The number of halogens is 1. The van der Waals surface area contributed by atoms with Crippen LogP contribution in [0.1, 0.15) is 21.6 Å². The Morgan fingerprint density at radius 3 is 2.29 bits per heavy atom. The van der Waals surface area contributed by atoms with Crippen LogP contribution in [0.15, 0.2) is 70.6 Å². The van der Waals surface area contributed by atoms with Crippen molar-refractivity contribution in [1.82, 2.24) is 4.98 Å². The predicted molar refractivity (Wildman–Crippen MR) is 119 cm³/mol. The number of aromatic nitrogens is 1. The Balaban J connectivity index is 2.01. The number of aromatic amines is 1. The molecule has 2 N–H and O–H groups in total. The van der Waals surface area contributed by atoms with Gasteiger partial charge in [0.2, 0.25) is 0 Å². The number of H-pyrrole nitrogens is 1. The molecule has 4 rings (SSSR count). The number of hydrogen-bond acceptors (Lipinski definition) is 4. The largest absolute Gasteiger partial charge is 0.374 e. The SMILES string of the molecule is CSC(SC)=C1C(=O)c2c(-c3ccc(Cl)cc3)c[nH]c2C1(O)c1ccccc1. The fourth-order valence-corrected chi connectivity index (χ4v) is 5.39. The van der Waals surface area contributed by atoms with Crippen molar-refractivity contribution < 1.29 is 9.90 Å². The van der Waals surface area contributed by atoms with E-state index in [-0.39, 0.29) is 5.78 Å². The Morgan fingerprint density at radius 2 is 1.68 bits per heavy atom. The summed E-state index contributed by atoms with van der Waals surface area (Å²) in [6.07, 6.45) is 5.63. The quantitative estimate of drug-likeness (QED) is 0.524. The zero-order valence-electron chi connectivity index (χ0n) is 15.3. The third-order valence-electron chi connectivity index (χ3n) is 4.98. The average Bonchev–Trinajstić information content (AvgIpc) is 3.25. The predicted octanol–water partition coefficient (Wildman–Crippen LogP) is 5.70. The Hall–Kier alpha value is -1.92. The molecule has 0 fully saturated rings. The number of benzene rings is 2. The molecule has 0 bridgehead atoms. The van der Waals surface area contributed by atoms with Gasteiger partial charge in [0.05, 0.1) is 21.1 Å². The zero-order valence-corrected chi connectivity index (χ0v) is 17.7. The van der Waals surface area contributed by atoms with E-state index >= 15 is 0 Å². The van der Waals surface area contributed by atoms with Gasteiger partial charge >= 0.3 is 0 Å². The van der Waals surface area contributed by atoms with E-state index < -0.39 is 5.60 Å². The summed E-state index contributed by atoms with van der Waals surface area (Å²) in [5.41, 5.74) is 2.25. The molecule has 1 atom stereocenters. The molecule has 142 valence electrons. The van der Waals surface area contributed by atoms with E-state index in [2.05, 4.69) is 4.98 Å². The maximum atomic E-state index is 13.6. The van der Waals surface area contributed by atoms with Crippen LogP contribution < -0.4 is 0 Å². The number of nitrogens with one attached hydrogen (secondary N) is 1. The first-order valence-electron chi connectivity index (χ1n) is 8.65. The van der Waals surface area contributed by atoms with Crippen LogP contribution in [-0.4, -0.2) is 28.4 Å². The normalized spacial score (nSPS) is 18.4. The zero-order chi connectivity index (χ0) is 19.9. The van der Waals surface area contributed by atoms with Crippen LogP contribution in [-0.2, 0) is 5.60 Å². The molecular formula is C22H18ClNO2S2. The van der Waals surface area contributed by atoms with Gasteiger partial charge in [0.25, 0.3) is 0 Å². The molecule has 3 nitrogen and oxygen atoms in total. The van der Waals surface area contributed by atoms with E-state index in [1.165, 1.54) is 23.5 Å². The summed E-state index contributed by atoms with van der Waals surface area (Å²) in [7, 11) is 0. The van der Waals surface area contributed by atoms with E-state index in [1.54, 1.807) is 18.3 Å². The first-order chi connectivity index (χ1) is 13.5. The minimum atomic E-state index is -1.51. The fourth-order valence-electron chi connectivity index (χ4n) is 3.71. The standard InChI is InChI=1S/C22H18ClNO2S2/c1-27-21(28-2)18-19(25)17-16(13-8-10-15(23)11-9-13)12-24-20(17)22(18,26)14-6-4-3-5-7-14/h3-12,24,26H,1-2H3. The van der Waals surface area contributed by atoms with Crippen LogP contribution >= 0.6 is 35.1 Å². The number of hydrogen-bond donors (Lipinski definition) is 2. The molecule has 1 unspecified atom stereocenters. The summed E-state index contributed by atoms with van der Waals surface area (Å²) in [6.45, 7) is 0. The Labute approximate surface area is 177 Å². The number of carbonyl (C=O) groups excluding carboxylic acids is 1. The van der Waals surface area contributed by atoms with Gasteiger partial charge in [-0.15, -0.1) is 23.5 Å². The first-order valence-corrected chi connectivity index (χ1v) is 11.5. The highest BCUT2D eigenvalue weighted by Gasteiger charge is 2.52. The smallest absolute Gasteiger partial charge is 0.196 e. The van der Waals surface area contributed by atoms with E-state index in [4.69, 9.17) is 11.6 Å². The van der Waals surface area contributed by atoms with Crippen LogP contribution in [0, 0.1) is 0 Å². The van der Waals surface area contributed by atoms with E-state index in [1.807, 2.05) is 55.0 Å². The monoisotopic (exact) mass is 427 g/mol. The molecule has 0 saturated carbocycles. The number of rotatable bonds is 4. The van der Waals surface area contributed by atoms with Crippen LogP contribution in [0.3, 0.4) is 0 Å². The second-order valence-electron chi connectivity index (χ2n) is 6.44.